The van der Waals surface area contributed by atoms with Crippen LogP contribution >= 0.6 is 0 Å². The largest absolute Gasteiger partial charge is 0.475 e. The van der Waals surface area contributed by atoms with Crippen LogP contribution in [-0.4, -0.2) is 41.2 Å². The van der Waals surface area contributed by atoms with Crippen molar-refractivity contribution in [3.63, 3.8) is 0 Å². The standard InChI is InChI=1S/C15H21F3N2O2/c1-10(2)8-20(9-15(16,17)18)14(21)12-5-6-13(19-7-12)22-11(3)4/h5-7,10-11H,8-9H2,1-4H3. The molecule has 7 heteroatoms. The first-order valence-corrected chi connectivity index (χ1v) is 7.07. The maximum Gasteiger partial charge on any atom is 0.406 e. The normalized spacial score (nSPS) is 11.9. The lowest BCUT2D eigenvalue weighted by atomic mass is 10.1. The first-order valence-electron chi connectivity index (χ1n) is 7.07. The summed E-state index contributed by atoms with van der Waals surface area (Å²) < 4.78 is 43.2. The second kappa shape index (κ2) is 7.47. The summed E-state index contributed by atoms with van der Waals surface area (Å²) in [6, 6.07) is 2.91. The molecule has 1 amide bonds. The summed E-state index contributed by atoms with van der Waals surface area (Å²) in [6.07, 6.45) is -3.26. The van der Waals surface area contributed by atoms with Crippen LogP contribution in [0.1, 0.15) is 38.1 Å². The molecule has 124 valence electrons. The Bertz CT molecular complexity index is 485. The molecule has 0 fully saturated rings. The van der Waals surface area contributed by atoms with Crippen LogP contribution in [0.2, 0.25) is 0 Å². The number of pyridine rings is 1. The van der Waals surface area contributed by atoms with E-state index in [1.807, 2.05) is 13.8 Å². The third-order valence-electron chi connectivity index (χ3n) is 2.58. The molecule has 1 aromatic rings. The van der Waals surface area contributed by atoms with Gasteiger partial charge in [0.1, 0.15) is 6.54 Å². The molecule has 0 spiro atoms. The minimum absolute atomic E-state index is 0.0303. The van der Waals surface area contributed by atoms with Crippen LogP contribution in [0, 0.1) is 5.92 Å². The number of hydrogen-bond acceptors (Lipinski definition) is 3. The van der Waals surface area contributed by atoms with Gasteiger partial charge in [0.15, 0.2) is 0 Å². The molecule has 0 bridgehead atoms. The van der Waals surface area contributed by atoms with E-state index in [1.54, 1.807) is 13.8 Å². The lowest BCUT2D eigenvalue weighted by Crippen LogP contribution is -2.41. The monoisotopic (exact) mass is 318 g/mol. The summed E-state index contributed by atoms with van der Waals surface area (Å²) in [6.45, 7) is 5.93. The highest BCUT2D eigenvalue weighted by Gasteiger charge is 2.33. The fourth-order valence-electron chi connectivity index (χ4n) is 1.88. The first-order chi connectivity index (χ1) is 10.1. The van der Waals surface area contributed by atoms with Crippen molar-refractivity contribution in [2.24, 2.45) is 5.92 Å². The van der Waals surface area contributed by atoms with Crippen molar-refractivity contribution in [3.05, 3.63) is 23.9 Å². The maximum atomic E-state index is 12.6. The molecular formula is C15H21F3N2O2. The van der Waals surface area contributed by atoms with Crippen LogP contribution in [0.3, 0.4) is 0 Å². The summed E-state index contributed by atoms with van der Waals surface area (Å²) in [5.41, 5.74) is 0.112. The number of halogens is 3. The summed E-state index contributed by atoms with van der Waals surface area (Å²) in [7, 11) is 0. The summed E-state index contributed by atoms with van der Waals surface area (Å²) >= 11 is 0. The number of rotatable bonds is 6. The highest BCUT2D eigenvalue weighted by molar-refractivity contribution is 5.94. The van der Waals surface area contributed by atoms with Crippen molar-refractivity contribution in [2.45, 2.75) is 40.0 Å². The molecule has 0 saturated carbocycles. The van der Waals surface area contributed by atoms with Crippen molar-refractivity contribution >= 4 is 5.91 Å². The molecular weight excluding hydrogens is 297 g/mol. The molecule has 1 rings (SSSR count). The van der Waals surface area contributed by atoms with Gasteiger partial charge in [0, 0.05) is 18.8 Å². The Morgan fingerprint density at radius 1 is 1.27 bits per heavy atom. The molecule has 1 aromatic heterocycles. The molecule has 4 nitrogen and oxygen atoms in total. The Labute approximate surface area is 128 Å². The first kappa shape index (κ1) is 18.3. The van der Waals surface area contributed by atoms with Gasteiger partial charge >= 0.3 is 6.18 Å². The van der Waals surface area contributed by atoms with Gasteiger partial charge in [-0.1, -0.05) is 13.8 Å². The molecule has 0 aliphatic rings. The number of hydrogen-bond donors (Lipinski definition) is 0. The molecule has 0 unspecified atom stereocenters. The van der Waals surface area contributed by atoms with Crippen molar-refractivity contribution in [2.75, 3.05) is 13.1 Å². The average Bonchev–Trinajstić information content (AvgIpc) is 2.35. The van der Waals surface area contributed by atoms with Gasteiger partial charge in [0.25, 0.3) is 5.91 Å². The van der Waals surface area contributed by atoms with Crippen molar-refractivity contribution in [1.29, 1.82) is 0 Å². The highest BCUT2D eigenvalue weighted by atomic mass is 19.4. The number of nitrogens with zero attached hydrogens (tertiary/aromatic N) is 2. The highest BCUT2D eigenvalue weighted by Crippen LogP contribution is 2.19. The van der Waals surface area contributed by atoms with E-state index in [1.165, 1.54) is 18.3 Å². The van der Waals surface area contributed by atoms with Crippen molar-refractivity contribution in [3.8, 4) is 5.88 Å². The summed E-state index contributed by atoms with van der Waals surface area (Å²) in [5, 5.41) is 0. The topological polar surface area (TPSA) is 42.4 Å². The number of amides is 1. The van der Waals surface area contributed by atoms with Crippen LogP contribution < -0.4 is 4.74 Å². The van der Waals surface area contributed by atoms with Crippen LogP contribution in [-0.2, 0) is 0 Å². The van der Waals surface area contributed by atoms with Crippen LogP contribution in [0.25, 0.3) is 0 Å². The van der Waals surface area contributed by atoms with Crippen molar-refractivity contribution < 1.29 is 22.7 Å². The van der Waals surface area contributed by atoms with Gasteiger partial charge in [0.2, 0.25) is 5.88 Å². The summed E-state index contributed by atoms with van der Waals surface area (Å²) in [4.78, 5) is 17.0. The Hall–Kier alpha value is -1.79. The third kappa shape index (κ3) is 6.32. The van der Waals surface area contributed by atoms with Gasteiger partial charge < -0.3 is 9.64 Å². The Kier molecular flexibility index (Phi) is 6.20. The predicted molar refractivity (Wildman–Crippen MR) is 76.8 cm³/mol. The molecule has 1 heterocycles. The van der Waals surface area contributed by atoms with Gasteiger partial charge in [-0.15, -0.1) is 0 Å². The smallest absolute Gasteiger partial charge is 0.406 e. The number of aromatic nitrogens is 1. The van der Waals surface area contributed by atoms with Gasteiger partial charge in [-0.2, -0.15) is 13.2 Å². The fraction of sp³-hybridized carbons (Fsp3) is 0.600. The lowest BCUT2D eigenvalue weighted by Gasteiger charge is -2.25. The Morgan fingerprint density at radius 2 is 1.91 bits per heavy atom. The minimum atomic E-state index is -4.43. The molecule has 0 N–H and O–H groups in total. The molecule has 0 atom stereocenters. The number of carbonyl (C=O) groups is 1. The molecule has 0 aromatic carbocycles. The number of ether oxygens (including phenoxy) is 1. The molecule has 0 saturated heterocycles. The van der Waals surface area contributed by atoms with E-state index in [4.69, 9.17) is 4.74 Å². The van der Waals surface area contributed by atoms with Crippen LogP contribution in [0.15, 0.2) is 18.3 Å². The molecule has 0 aliphatic heterocycles. The van der Waals surface area contributed by atoms with E-state index < -0.39 is 18.6 Å². The minimum Gasteiger partial charge on any atom is -0.475 e. The zero-order valence-electron chi connectivity index (χ0n) is 13.1. The third-order valence-corrected chi connectivity index (χ3v) is 2.58. The van der Waals surface area contributed by atoms with Gasteiger partial charge in [-0.05, 0) is 25.8 Å². The van der Waals surface area contributed by atoms with Gasteiger partial charge in [0.05, 0.1) is 11.7 Å². The molecule has 0 aliphatic carbocycles. The second-order valence-electron chi connectivity index (χ2n) is 5.75. The average molecular weight is 318 g/mol. The van der Waals surface area contributed by atoms with Crippen molar-refractivity contribution in [1.82, 2.24) is 9.88 Å². The molecule has 0 radical (unpaired) electrons. The van der Waals surface area contributed by atoms with Crippen LogP contribution in [0.4, 0.5) is 13.2 Å². The lowest BCUT2D eigenvalue weighted by molar-refractivity contribution is -0.141. The van der Waals surface area contributed by atoms with E-state index in [9.17, 15) is 18.0 Å². The van der Waals surface area contributed by atoms with E-state index in [0.29, 0.717) is 5.88 Å². The zero-order chi connectivity index (χ0) is 16.9. The van der Waals surface area contributed by atoms with E-state index in [-0.39, 0.29) is 24.1 Å². The summed E-state index contributed by atoms with van der Waals surface area (Å²) in [5.74, 6) is -0.421. The SMILES string of the molecule is CC(C)CN(CC(F)(F)F)C(=O)c1ccc(OC(C)C)nc1. The quantitative estimate of drug-likeness (QED) is 0.806. The number of carbonyl (C=O) groups excluding carboxylic acids is 1. The Balaban J connectivity index is 2.88. The van der Waals surface area contributed by atoms with Gasteiger partial charge in [-0.25, -0.2) is 4.98 Å². The maximum absolute atomic E-state index is 12.6. The van der Waals surface area contributed by atoms with Gasteiger partial charge in [-0.3, -0.25) is 4.79 Å². The molecule has 22 heavy (non-hydrogen) atoms. The fourth-order valence-corrected chi connectivity index (χ4v) is 1.88. The van der Waals surface area contributed by atoms with Crippen LogP contribution in [0.5, 0.6) is 5.88 Å². The Morgan fingerprint density at radius 3 is 2.32 bits per heavy atom. The predicted octanol–water partition coefficient (Wildman–Crippen LogP) is 3.53. The van der Waals surface area contributed by atoms with E-state index in [0.717, 1.165) is 4.90 Å². The second-order valence-corrected chi connectivity index (χ2v) is 5.75. The number of alkyl halides is 3. The zero-order valence-corrected chi connectivity index (χ0v) is 13.1. The van der Waals surface area contributed by atoms with E-state index >= 15 is 0 Å². The van der Waals surface area contributed by atoms with E-state index in [2.05, 4.69) is 4.98 Å².